The largest absolute Gasteiger partial charge is 0.340 e. The fraction of sp³-hybridized carbons (Fsp3) is 0.500. The van der Waals surface area contributed by atoms with Crippen molar-refractivity contribution in [2.75, 3.05) is 11.5 Å². The van der Waals surface area contributed by atoms with Crippen molar-refractivity contribution in [1.82, 2.24) is 0 Å². The summed E-state index contributed by atoms with van der Waals surface area (Å²) in [5, 5.41) is 3.22. The van der Waals surface area contributed by atoms with E-state index < -0.39 is 13.5 Å². The quantitative estimate of drug-likeness (QED) is 0.755. The molecule has 0 heterocycles. The highest BCUT2D eigenvalue weighted by Gasteiger charge is 2.31. The molecule has 1 N–H and O–H groups in total. The van der Waals surface area contributed by atoms with Gasteiger partial charge in [-0.1, -0.05) is 11.6 Å². The number of rotatable bonds is 7. The normalized spacial score (nSPS) is 12.0. The number of hydrogen-bond donors (Lipinski definition) is 1. The van der Waals surface area contributed by atoms with Crippen LogP contribution < -0.4 is 5.32 Å². The van der Waals surface area contributed by atoms with E-state index in [9.17, 15) is 9.36 Å². The van der Waals surface area contributed by atoms with E-state index in [2.05, 4.69) is 5.32 Å². The summed E-state index contributed by atoms with van der Waals surface area (Å²) < 4.78 is 23.2. The molecule has 1 rings (SSSR count). The van der Waals surface area contributed by atoms with Gasteiger partial charge in [0, 0.05) is 10.7 Å². The molecule has 0 spiro atoms. The molecule has 0 unspecified atom stereocenters. The van der Waals surface area contributed by atoms with Crippen LogP contribution in [0.3, 0.4) is 0 Å². The smallest absolute Gasteiger partial charge is 0.326 e. The van der Waals surface area contributed by atoms with Crippen LogP contribution in [0.25, 0.3) is 0 Å². The van der Waals surface area contributed by atoms with E-state index in [1.54, 1.807) is 52.0 Å². The third-order valence-corrected chi connectivity index (χ3v) is 4.62. The first-order valence-electron chi connectivity index (χ1n) is 6.71. The molecule has 0 atom stereocenters. The fourth-order valence-corrected chi connectivity index (χ4v) is 3.69. The van der Waals surface area contributed by atoms with Gasteiger partial charge < -0.3 is 14.4 Å². The van der Waals surface area contributed by atoms with E-state index in [1.165, 1.54) is 0 Å². The Hall–Kier alpha value is -0.870. The number of benzene rings is 1. The van der Waals surface area contributed by atoms with E-state index in [0.29, 0.717) is 10.7 Å². The zero-order valence-corrected chi connectivity index (χ0v) is 14.3. The average molecular weight is 334 g/mol. The molecule has 0 radical (unpaired) electrons. The van der Waals surface area contributed by atoms with Crippen molar-refractivity contribution in [3.8, 4) is 0 Å². The van der Waals surface area contributed by atoms with Gasteiger partial charge in [0.1, 0.15) is 6.16 Å². The summed E-state index contributed by atoms with van der Waals surface area (Å²) >= 11 is 5.77. The molecule has 21 heavy (non-hydrogen) atoms. The number of anilines is 1. The zero-order chi connectivity index (χ0) is 16.0. The van der Waals surface area contributed by atoms with Crippen molar-refractivity contribution in [1.29, 1.82) is 0 Å². The van der Waals surface area contributed by atoms with Crippen LogP contribution in [0, 0.1) is 0 Å². The molecule has 0 fully saturated rings. The van der Waals surface area contributed by atoms with Crippen molar-refractivity contribution in [3.05, 3.63) is 29.3 Å². The molecule has 118 valence electrons. The lowest BCUT2D eigenvalue weighted by Gasteiger charge is -2.22. The first-order valence-corrected chi connectivity index (χ1v) is 8.82. The van der Waals surface area contributed by atoms with Crippen LogP contribution in [0.15, 0.2) is 24.3 Å². The minimum absolute atomic E-state index is 0.294. The van der Waals surface area contributed by atoms with Gasteiger partial charge in [-0.05, 0) is 52.0 Å². The maximum Gasteiger partial charge on any atom is 0.340 e. The predicted octanol–water partition coefficient (Wildman–Crippen LogP) is 4.32. The SMILES string of the molecule is CC(C)OP(=O)(CC(=O)Nc1ccc(Cl)cc1)OC(C)C. The van der Waals surface area contributed by atoms with Crippen LogP contribution in [0.1, 0.15) is 27.7 Å². The molecule has 5 nitrogen and oxygen atoms in total. The molecule has 0 aliphatic rings. The van der Waals surface area contributed by atoms with Crippen molar-refractivity contribution >= 4 is 30.8 Å². The topological polar surface area (TPSA) is 64.6 Å². The van der Waals surface area contributed by atoms with E-state index in [-0.39, 0.29) is 18.4 Å². The van der Waals surface area contributed by atoms with Crippen molar-refractivity contribution in [3.63, 3.8) is 0 Å². The van der Waals surface area contributed by atoms with Crippen LogP contribution in [0.5, 0.6) is 0 Å². The van der Waals surface area contributed by atoms with Gasteiger partial charge in [0.15, 0.2) is 0 Å². The Morgan fingerprint density at radius 1 is 1.14 bits per heavy atom. The molecule has 0 saturated carbocycles. The number of hydrogen-bond acceptors (Lipinski definition) is 4. The first-order chi connectivity index (χ1) is 9.70. The Balaban J connectivity index is 2.71. The van der Waals surface area contributed by atoms with Crippen LogP contribution in [-0.4, -0.2) is 24.3 Å². The second-order valence-electron chi connectivity index (χ2n) is 5.13. The zero-order valence-electron chi connectivity index (χ0n) is 12.6. The third-order valence-electron chi connectivity index (χ3n) is 2.21. The summed E-state index contributed by atoms with van der Waals surface area (Å²) in [6, 6.07) is 6.65. The molecule has 0 bridgehead atoms. The summed E-state index contributed by atoms with van der Waals surface area (Å²) in [6.07, 6.45) is -0.915. The van der Waals surface area contributed by atoms with Crippen molar-refractivity contribution in [2.45, 2.75) is 39.9 Å². The van der Waals surface area contributed by atoms with E-state index in [4.69, 9.17) is 20.6 Å². The average Bonchev–Trinajstić information content (AvgIpc) is 2.28. The molecule has 1 aromatic carbocycles. The molecule has 0 aliphatic carbocycles. The first kappa shape index (κ1) is 18.2. The standard InChI is InChI=1S/C14H21ClNO4P/c1-10(2)19-21(18,20-11(3)4)9-14(17)16-13-7-5-12(15)6-8-13/h5-8,10-11H,9H2,1-4H3,(H,16,17). The van der Waals surface area contributed by atoms with Gasteiger partial charge in [0.25, 0.3) is 0 Å². The lowest BCUT2D eigenvalue weighted by atomic mass is 10.3. The Kier molecular flexibility index (Phi) is 6.88. The molecular formula is C14H21ClNO4P. The van der Waals surface area contributed by atoms with Gasteiger partial charge in [0.05, 0.1) is 12.2 Å². The Morgan fingerprint density at radius 2 is 1.62 bits per heavy atom. The highest BCUT2D eigenvalue weighted by molar-refractivity contribution is 7.55. The van der Waals surface area contributed by atoms with Crippen LogP contribution in [0.2, 0.25) is 5.02 Å². The van der Waals surface area contributed by atoms with E-state index in [1.807, 2.05) is 0 Å². The van der Waals surface area contributed by atoms with Gasteiger partial charge in [-0.3, -0.25) is 9.36 Å². The summed E-state index contributed by atoms with van der Waals surface area (Å²) in [5.74, 6) is -0.429. The Morgan fingerprint density at radius 3 is 2.05 bits per heavy atom. The fourth-order valence-electron chi connectivity index (χ4n) is 1.65. The molecule has 1 amide bonds. The van der Waals surface area contributed by atoms with Gasteiger partial charge in [0.2, 0.25) is 5.91 Å². The van der Waals surface area contributed by atoms with Crippen molar-refractivity contribution in [2.24, 2.45) is 0 Å². The predicted molar refractivity (Wildman–Crippen MR) is 85.0 cm³/mol. The van der Waals surface area contributed by atoms with Gasteiger partial charge in [-0.25, -0.2) is 0 Å². The lowest BCUT2D eigenvalue weighted by Crippen LogP contribution is -2.20. The highest BCUT2D eigenvalue weighted by Crippen LogP contribution is 2.50. The second-order valence-corrected chi connectivity index (χ2v) is 7.53. The van der Waals surface area contributed by atoms with E-state index in [0.717, 1.165) is 0 Å². The van der Waals surface area contributed by atoms with Crippen LogP contribution in [-0.2, 0) is 18.4 Å². The molecular weight excluding hydrogens is 313 g/mol. The molecule has 7 heteroatoms. The minimum Gasteiger partial charge on any atom is -0.326 e. The minimum atomic E-state index is -3.47. The number of amides is 1. The highest BCUT2D eigenvalue weighted by atomic mass is 35.5. The summed E-state index contributed by atoms with van der Waals surface area (Å²) in [7, 11) is -3.47. The Bertz CT molecular complexity index is 502. The molecule has 0 saturated heterocycles. The van der Waals surface area contributed by atoms with E-state index >= 15 is 0 Å². The molecule has 0 aromatic heterocycles. The lowest BCUT2D eigenvalue weighted by molar-refractivity contribution is -0.114. The van der Waals surface area contributed by atoms with Crippen LogP contribution in [0.4, 0.5) is 5.69 Å². The number of carbonyl (C=O) groups excluding carboxylic acids is 1. The summed E-state index contributed by atoms with van der Waals surface area (Å²) in [6.45, 7) is 6.97. The van der Waals surface area contributed by atoms with Gasteiger partial charge in [-0.2, -0.15) is 0 Å². The number of carbonyl (C=O) groups is 1. The summed E-state index contributed by atoms with van der Waals surface area (Å²) in [4.78, 5) is 12.0. The second kappa shape index (κ2) is 7.95. The maximum absolute atomic E-state index is 12.6. The number of halogens is 1. The third kappa shape index (κ3) is 7.09. The summed E-state index contributed by atoms with van der Waals surface area (Å²) in [5.41, 5.74) is 0.574. The van der Waals surface area contributed by atoms with Crippen molar-refractivity contribution < 1.29 is 18.4 Å². The van der Waals surface area contributed by atoms with Crippen LogP contribution >= 0.6 is 19.2 Å². The Labute approximate surface area is 130 Å². The monoisotopic (exact) mass is 333 g/mol. The molecule has 0 aliphatic heterocycles. The number of nitrogens with one attached hydrogen (secondary N) is 1. The maximum atomic E-state index is 12.6. The van der Waals surface area contributed by atoms with Gasteiger partial charge >= 0.3 is 7.60 Å². The molecule has 1 aromatic rings. The van der Waals surface area contributed by atoms with Gasteiger partial charge in [-0.15, -0.1) is 0 Å².